The summed E-state index contributed by atoms with van der Waals surface area (Å²) >= 11 is -2.26. The zero-order chi connectivity index (χ0) is 7.56. The molecule has 1 heterocycles. The van der Waals surface area contributed by atoms with Crippen molar-refractivity contribution in [3.8, 4) is 0 Å². The number of nitrogens with zero attached hydrogens (tertiary/aromatic N) is 2. The van der Waals surface area contributed by atoms with Crippen LogP contribution in [0.15, 0.2) is 12.4 Å². The minimum atomic E-state index is -2.26. The van der Waals surface area contributed by atoms with Crippen LogP contribution in [0.2, 0.25) is 0 Å². The molecule has 0 fully saturated rings. The third kappa shape index (κ3) is 3.88. The van der Waals surface area contributed by atoms with Gasteiger partial charge in [0.2, 0.25) is 0 Å². The van der Waals surface area contributed by atoms with Gasteiger partial charge >= 0.3 is 29.6 Å². The summed E-state index contributed by atoms with van der Waals surface area (Å²) < 4.78 is 23.7. The van der Waals surface area contributed by atoms with Gasteiger partial charge in [0.05, 0.1) is 11.9 Å². The molecule has 0 saturated carbocycles. The van der Waals surface area contributed by atoms with Gasteiger partial charge in [0, 0.05) is 24.5 Å². The third-order valence-corrected chi connectivity index (χ3v) is 1.31. The van der Waals surface area contributed by atoms with Crippen molar-refractivity contribution in [3.63, 3.8) is 0 Å². The van der Waals surface area contributed by atoms with E-state index in [4.69, 9.17) is 0 Å². The summed E-state index contributed by atoms with van der Waals surface area (Å²) in [5.41, 5.74) is 0.468. The second kappa shape index (κ2) is 4.89. The van der Waals surface area contributed by atoms with Crippen molar-refractivity contribution in [1.82, 2.24) is 9.78 Å². The number of hydrogen-bond donors (Lipinski definition) is 1. The monoisotopic (exact) mass is 184 g/mol. The number of aryl methyl sites for hydroxylation is 1. The first-order valence-electron chi connectivity index (χ1n) is 2.53. The fraction of sp³-hybridized carbons (Fsp3) is 0.250. The van der Waals surface area contributed by atoms with Gasteiger partial charge in [0.15, 0.2) is 0 Å². The average molecular weight is 184 g/mol. The van der Waals surface area contributed by atoms with Gasteiger partial charge in [-0.05, 0) is 0 Å². The molecule has 0 amide bonds. The van der Waals surface area contributed by atoms with Gasteiger partial charge in [0.1, 0.15) is 0 Å². The standard InChI is InChI=1S/C4H7N3O2S.Na.H/c1-7-3-4(2-5-7)6-10(8)9;;/h2-3,6H,1H3,(H,8,9);;/q;+1;-1/p-1. The maximum atomic E-state index is 10.0. The van der Waals surface area contributed by atoms with Crippen molar-refractivity contribution in [2.24, 2.45) is 7.05 Å². The van der Waals surface area contributed by atoms with Crippen LogP contribution in [0.4, 0.5) is 5.69 Å². The Hall–Kier alpha value is 0.120. The van der Waals surface area contributed by atoms with E-state index in [1.807, 2.05) is 0 Å². The van der Waals surface area contributed by atoms with Crippen LogP contribution < -0.4 is 34.3 Å². The van der Waals surface area contributed by atoms with Crippen molar-refractivity contribution in [3.05, 3.63) is 12.4 Å². The molecule has 1 aromatic rings. The number of nitrogens with one attached hydrogen (secondary N) is 1. The molecule has 1 unspecified atom stereocenters. The number of hydrogen-bond acceptors (Lipinski definition) is 3. The topological polar surface area (TPSA) is 70.0 Å². The van der Waals surface area contributed by atoms with Crippen LogP contribution in [0.5, 0.6) is 0 Å². The van der Waals surface area contributed by atoms with E-state index >= 15 is 0 Å². The molecular weight excluding hydrogens is 177 g/mol. The Morgan fingerprint density at radius 2 is 2.55 bits per heavy atom. The van der Waals surface area contributed by atoms with Crippen LogP contribution in [-0.2, 0) is 18.3 Å². The van der Waals surface area contributed by atoms with E-state index < -0.39 is 11.3 Å². The van der Waals surface area contributed by atoms with Crippen LogP contribution in [0.25, 0.3) is 0 Å². The fourth-order valence-corrected chi connectivity index (χ4v) is 0.868. The van der Waals surface area contributed by atoms with E-state index in [-0.39, 0.29) is 31.0 Å². The van der Waals surface area contributed by atoms with Crippen molar-refractivity contribution in [2.45, 2.75) is 0 Å². The Bertz CT molecular complexity index is 256. The van der Waals surface area contributed by atoms with Crippen molar-refractivity contribution in [2.75, 3.05) is 4.72 Å². The molecule has 0 aromatic carbocycles. The van der Waals surface area contributed by atoms with E-state index in [1.54, 1.807) is 13.2 Å². The fourth-order valence-electron chi connectivity index (χ4n) is 0.570. The summed E-state index contributed by atoms with van der Waals surface area (Å²) in [7, 11) is 1.71. The van der Waals surface area contributed by atoms with E-state index in [0.29, 0.717) is 5.69 Å². The van der Waals surface area contributed by atoms with Crippen molar-refractivity contribution in [1.29, 1.82) is 0 Å². The minimum Gasteiger partial charge on any atom is -1.00 e. The Morgan fingerprint density at radius 3 is 2.91 bits per heavy atom. The predicted octanol–water partition coefficient (Wildman–Crippen LogP) is -3.26. The molecule has 0 aliphatic carbocycles. The van der Waals surface area contributed by atoms with Gasteiger partial charge in [-0.2, -0.15) is 5.10 Å². The molecule has 0 saturated heterocycles. The zero-order valence-electron chi connectivity index (χ0n) is 7.27. The summed E-state index contributed by atoms with van der Waals surface area (Å²) in [6.07, 6.45) is 2.99. The molecule has 1 atom stereocenters. The van der Waals surface area contributed by atoms with E-state index in [0.717, 1.165) is 0 Å². The molecule has 0 aliphatic rings. The summed E-state index contributed by atoms with van der Waals surface area (Å²) in [5, 5.41) is 3.75. The van der Waals surface area contributed by atoms with Gasteiger partial charge in [-0.15, -0.1) is 0 Å². The van der Waals surface area contributed by atoms with Gasteiger partial charge in [0.25, 0.3) is 0 Å². The number of rotatable bonds is 2. The van der Waals surface area contributed by atoms with Gasteiger partial charge in [-0.25, -0.2) is 0 Å². The molecule has 0 spiro atoms. The van der Waals surface area contributed by atoms with E-state index in [1.165, 1.54) is 10.9 Å². The van der Waals surface area contributed by atoms with Crippen LogP contribution in [0.3, 0.4) is 0 Å². The molecule has 7 heteroatoms. The molecule has 58 valence electrons. The molecule has 0 radical (unpaired) electrons. The maximum Gasteiger partial charge on any atom is 1.00 e. The summed E-state index contributed by atoms with van der Waals surface area (Å²) in [5.74, 6) is 0. The molecule has 0 aliphatic heterocycles. The largest absolute Gasteiger partial charge is 1.00 e. The average Bonchev–Trinajstić information content (AvgIpc) is 2.13. The van der Waals surface area contributed by atoms with Crippen LogP contribution >= 0.6 is 0 Å². The van der Waals surface area contributed by atoms with E-state index in [9.17, 15) is 8.76 Å². The molecular formula is C4H7N3NaO2S-. The second-order valence-corrected chi connectivity index (χ2v) is 2.41. The van der Waals surface area contributed by atoms with Gasteiger partial charge in [-0.1, -0.05) is 0 Å². The quantitative estimate of drug-likeness (QED) is 0.387. The Morgan fingerprint density at radius 1 is 1.91 bits per heavy atom. The Kier molecular flexibility index (Phi) is 4.94. The van der Waals surface area contributed by atoms with Gasteiger partial charge < -0.3 is 10.7 Å². The summed E-state index contributed by atoms with van der Waals surface area (Å²) in [6, 6.07) is 0. The summed E-state index contributed by atoms with van der Waals surface area (Å²) in [6.45, 7) is 0. The van der Waals surface area contributed by atoms with Gasteiger partial charge in [-0.3, -0.25) is 8.89 Å². The van der Waals surface area contributed by atoms with Crippen molar-refractivity contribution < 1.29 is 39.7 Å². The number of anilines is 1. The second-order valence-electron chi connectivity index (χ2n) is 1.74. The maximum absolute atomic E-state index is 10.0. The molecule has 1 aromatic heterocycles. The van der Waals surface area contributed by atoms with Crippen LogP contribution in [0, 0.1) is 0 Å². The first-order valence-corrected chi connectivity index (χ1v) is 3.60. The summed E-state index contributed by atoms with van der Waals surface area (Å²) in [4.78, 5) is 0. The normalized spacial score (nSPS) is 11.8. The Labute approximate surface area is 90.4 Å². The molecule has 5 nitrogen and oxygen atoms in total. The van der Waals surface area contributed by atoms with E-state index in [2.05, 4.69) is 9.82 Å². The molecule has 11 heavy (non-hydrogen) atoms. The van der Waals surface area contributed by atoms with Crippen LogP contribution in [-0.4, -0.2) is 18.5 Å². The SMILES string of the molecule is Cn1cc(NS(=O)[O-])cn1.[H-].[Na+]. The minimum absolute atomic E-state index is 0. The van der Waals surface area contributed by atoms with Crippen molar-refractivity contribution >= 4 is 17.0 Å². The Balaban J connectivity index is 0. The zero-order valence-corrected chi connectivity index (χ0v) is 9.09. The molecule has 1 N–H and O–H groups in total. The smallest absolute Gasteiger partial charge is 1.00 e. The first kappa shape index (κ1) is 11.1. The van der Waals surface area contributed by atoms with Crippen LogP contribution in [0.1, 0.15) is 1.43 Å². The molecule has 0 bridgehead atoms. The third-order valence-electron chi connectivity index (χ3n) is 0.906. The number of aromatic nitrogens is 2. The first-order chi connectivity index (χ1) is 4.68. The molecule has 1 rings (SSSR count). The predicted molar refractivity (Wildman–Crippen MR) is 36.9 cm³/mol.